The van der Waals surface area contributed by atoms with E-state index in [2.05, 4.69) is 10.3 Å². The van der Waals surface area contributed by atoms with E-state index in [-0.39, 0.29) is 12.5 Å². The molecule has 0 bridgehead atoms. The van der Waals surface area contributed by atoms with Crippen LogP contribution < -0.4 is 14.8 Å². The number of amides is 1. The molecule has 142 valence electrons. The number of ether oxygens (including phenoxy) is 2. The molecule has 1 aliphatic rings. The lowest BCUT2D eigenvalue weighted by atomic mass is 10.2. The van der Waals surface area contributed by atoms with Crippen LogP contribution in [0.4, 0.5) is 5.69 Å². The van der Waals surface area contributed by atoms with Crippen LogP contribution in [0.3, 0.4) is 0 Å². The second-order valence-electron chi connectivity index (χ2n) is 5.72. The topological polar surface area (TPSA) is 83.7 Å². The maximum atomic E-state index is 12.3. The first-order valence-corrected chi connectivity index (χ1v) is 9.43. The Balaban J connectivity index is 1.84. The van der Waals surface area contributed by atoms with Gasteiger partial charge in [0.15, 0.2) is 23.3 Å². The molecule has 1 fully saturated rings. The molecule has 0 spiro atoms. The van der Waals surface area contributed by atoms with Gasteiger partial charge < -0.3 is 14.8 Å². The van der Waals surface area contributed by atoms with Gasteiger partial charge in [0.05, 0.1) is 17.7 Å². The van der Waals surface area contributed by atoms with Crippen molar-refractivity contribution in [3.63, 3.8) is 0 Å². The SMILES string of the molecule is COc1cc(C=C2SC(=Nc3cccc(Cl)c3C)NC2=O)ccc1OCC#N. The van der Waals surface area contributed by atoms with Crippen molar-refractivity contribution in [1.29, 1.82) is 5.26 Å². The minimum Gasteiger partial charge on any atom is -0.493 e. The average molecular weight is 414 g/mol. The van der Waals surface area contributed by atoms with Gasteiger partial charge in [-0.15, -0.1) is 0 Å². The fourth-order valence-corrected chi connectivity index (χ4v) is 3.47. The number of hydrogen-bond acceptors (Lipinski definition) is 6. The zero-order chi connectivity index (χ0) is 20.1. The molecule has 8 heteroatoms. The molecule has 2 aromatic carbocycles. The van der Waals surface area contributed by atoms with Crippen LogP contribution in [0.1, 0.15) is 11.1 Å². The summed E-state index contributed by atoms with van der Waals surface area (Å²) in [6.07, 6.45) is 1.74. The first-order chi connectivity index (χ1) is 13.5. The van der Waals surface area contributed by atoms with Crippen molar-refractivity contribution >= 4 is 46.2 Å². The molecule has 28 heavy (non-hydrogen) atoms. The number of carbonyl (C=O) groups is 1. The Kier molecular flexibility index (Phi) is 6.24. The van der Waals surface area contributed by atoms with E-state index >= 15 is 0 Å². The van der Waals surface area contributed by atoms with Gasteiger partial charge in [-0.2, -0.15) is 5.26 Å². The molecule has 0 radical (unpaired) electrons. The molecule has 3 rings (SSSR count). The smallest absolute Gasteiger partial charge is 0.264 e. The summed E-state index contributed by atoms with van der Waals surface area (Å²) in [5, 5.41) is 12.5. The number of thioether (sulfide) groups is 1. The Morgan fingerprint density at radius 2 is 2.14 bits per heavy atom. The van der Waals surface area contributed by atoms with Gasteiger partial charge in [0.2, 0.25) is 0 Å². The molecule has 0 atom stereocenters. The highest BCUT2D eigenvalue weighted by Crippen LogP contribution is 2.33. The van der Waals surface area contributed by atoms with Gasteiger partial charge in [-0.25, -0.2) is 4.99 Å². The fraction of sp³-hybridized carbons (Fsp3) is 0.150. The minimum atomic E-state index is -0.229. The highest BCUT2D eigenvalue weighted by atomic mass is 35.5. The van der Waals surface area contributed by atoms with E-state index in [0.717, 1.165) is 11.1 Å². The molecule has 2 aromatic rings. The molecular formula is C20H16ClN3O3S. The number of nitriles is 1. The maximum Gasteiger partial charge on any atom is 0.264 e. The standard InChI is InChI=1S/C20H16ClN3O3S/c1-12-14(21)4-3-5-15(12)23-20-24-19(25)18(28-20)11-13-6-7-16(27-9-8-22)17(10-13)26-2/h3-7,10-11H,9H2,1-2H3,(H,23,24,25). The van der Waals surface area contributed by atoms with Crippen molar-refractivity contribution in [2.75, 3.05) is 13.7 Å². The van der Waals surface area contributed by atoms with Crippen molar-refractivity contribution in [3.8, 4) is 17.6 Å². The Labute approximate surface area is 171 Å². The van der Waals surface area contributed by atoms with Crippen LogP contribution in [-0.2, 0) is 4.79 Å². The molecule has 0 aromatic heterocycles. The van der Waals surface area contributed by atoms with Crippen LogP contribution >= 0.6 is 23.4 Å². The van der Waals surface area contributed by atoms with Crippen LogP contribution in [0.5, 0.6) is 11.5 Å². The highest BCUT2D eigenvalue weighted by molar-refractivity contribution is 8.18. The number of nitrogens with zero attached hydrogens (tertiary/aromatic N) is 2. The van der Waals surface area contributed by atoms with Crippen molar-refractivity contribution < 1.29 is 14.3 Å². The zero-order valence-electron chi connectivity index (χ0n) is 15.2. The lowest BCUT2D eigenvalue weighted by Crippen LogP contribution is -2.19. The Hall–Kier alpha value is -2.95. The van der Waals surface area contributed by atoms with Crippen LogP contribution in [0.15, 0.2) is 46.3 Å². The predicted octanol–water partition coefficient (Wildman–Crippen LogP) is 4.45. The van der Waals surface area contributed by atoms with Gasteiger partial charge in [-0.05, 0) is 60.2 Å². The number of methoxy groups -OCH3 is 1. The van der Waals surface area contributed by atoms with Crippen molar-refractivity contribution in [3.05, 3.63) is 57.5 Å². The van der Waals surface area contributed by atoms with Crippen molar-refractivity contribution in [2.24, 2.45) is 4.99 Å². The number of amidine groups is 1. The Bertz CT molecular complexity index is 1030. The summed E-state index contributed by atoms with van der Waals surface area (Å²) in [5.74, 6) is 0.720. The van der Waals surface area contributed by atoms with E-state index in [9.17, 15) is 4.79 Å². The molecular weight excluding hydrogens is 398 g/mol. The molecule has 0 unspecified atom stereocenters. The third-order valence-corrected chi connectivity index (χ3v) is 5.21. The van der Waals surface area contributed by atoms with E-state index in [1.54, 1.807) is 30.3 Å². The third kappa shape index (κ3) is 4.47. The summed E-state index contributed by atoms with van der Waals surface area (Å²) in [4.78, 5) is 17.3. The molecule has 1 amide bonds. The molecule has 1 aliphatic heterocycles. The zero-order valence-corrected chi connectivity index (χ0v) is 16.7. The number of rotatable bonds is 5. The summed E-state index contributed by atoms with van der Waals surface area (Å²) >= 11 is 7.37. The Morgan fingerprint density at radius 3 is 2.89 bits per heavy atom. The van der Waals surface area contributed by atoms with Crippen LogP contribution in [-0.4, -0.2) is 24.8 Å². The van der Waals surface area contributed by atoms with E-state index in [1.807, 2.05) is 25.1 Å². The summed E-state index contributed by atoms with van der Waals surface area (Å²) in [6.45, 7) is 1.81. The maximum absolute atomic E-state index is 12.3. The lowest BCUT2D eigenvalue weighted by Gasteiger charge is -2.09. The van der Waals surface area contributed by atoms with E-state index in [1.165, 1.54) is 18.9 Å². The second kappa shape index (κ2) is 8.83. The summed E-state index contributed by atoms with van der Waals surface area (Å²) < 4.78 is 10.6. The largest absolute Gasteiger partial charge is 0.493 e. The number of carbonyl (C=O) groups excluding carboxylic acids is 1. The van der Waals surface area contributed by atoms with Gasteiger partial charge >= 0.3 is 0 Å². The fourth-order valence-electron chi connectivity index (χ4n) is 2.46. The van der Waals surface area contributed by atoms with Crippen LogP contribution in [0.2, 0.25) is 5.02 Å². The molecule has 1 saturated heterocycles. The summed E-state index contributed by atoms with van der Waals surface area (Å²) in [7, 11) is 1.51. The number of hydrogen-bond donors (Lipinski definition) is 1. The van der Waals surface area contributed by atoms with E-state index in [0.29, 0.717) is 32.3 Å². The molecule has 6 nitrogen and oxygen atoms in total. The number of aliphatic imine (C=N–C) groups is 1. The second-order valence-corrected chi connectivity index (χ2v) is 7.16. The number of halogens is 1. The van der Waals surface area contributed by atoms with Gasteiger partial charge in [-0.1, -0.05) is 23.7 Å². The van der Waals surface area contributed by atoms with Crippen molar-refractivity contribution in [2.45, 2.75) is 6.92 Å². The normalized spacial score (nSPS) is 16.1. The lowest BCUT2D eigenvalue weighted by molar-refractivity contribution is -0.115. The van der Waals surface area contributed by atoms with Gasteiger partial charge in [0, 0.05) is 5.02 Å². The molecule has 0 saturated carbocycles. The van der Waals surface area contributed by atoms with E-state index in [4.69, 9.17) is 26.3 Å². The first kappa shape index (κ1) is 19.8. The Morgan fingerprint density at radius 1 is 1.32 bits per heavy atom. The third-order valence-electron chi connectivity index (χ3n) is 3.89. The highest BCUT2D eigenvalue weighted by Gasteiger charge is 2.24. The summed E-state index contributed by atoms with van der Waals surface area (Å²) in [6, 6.07) is 12.6. The molecule has 1 N–H and O–H groups in total. The molecule has 1 heterocycles. The van der Waals surface area contributed by atoms with Crippen LogP contribution in [0, 0.1) is 18.3 Å². The van der Waals surface area contributed by atoms with E-state index < -0.39 is 0 Å². The van der Waals surface area contributed by atoms with Gasteiger partial charge in [0.1, 0.15) is 6.07 Å². The first-order valence-electron chi connectivity index (χ1n) is 8.24. The van der Waals surface area contributed by atoms with Gasteiger partial charge in [-0.3, -0.25) is 4.79 Å². The number of nitrogens with one attached hydrogen (secondary N) is 1. The quantitative estimate of drug-likeness (QED) is 0.732. The van der Waals surface area contributed by atoms with Gasteiger partial charge in [0.25, 0.3) is 5.91 Å². The monoisotopic (exact) mass is 413 g/mol. The minimum absolute atomic E-state index is 0.0716. The molecule has 0 aliphatic carbocycles. The van der Waals surface area contributed by atoms with Crippen LogP contribution in [0.25, 0.3) is 6.08 Å². The summed E-state index contributed by atoms with van der Waals surface area (Å²) in [5.41, 5.74) is 2.32. The number of benzene rings is 2. The average Bonchev–Trinajstić information content (AvgIpc) is 3.03. The predicted molar refractivity (Wildman–Crippen MR) is 111 cm³/mol. The van der Waals surface area contributed by atoms with Crippen molar-refractivity contribution in [1.82, 2.24) is 5.32 Å².